The molecule has 0 radical (unpaired) electrons. The van der Waals surface area contributed by atoms with E-state index in [0.29, 0.717) is 6.54 Å². The Hall–Kier alpha value is -0.970. The van der Waals surface area contributed by atoms with Crippen molar-refractivity contribution in [2.75, 3.05) is 20.2 Å². The Bertz CT molecular complexity index is 292. The number of aliphatic hydroxyl groups excluding tert-OH is 1. The van der Waals surface area contributed by atoms with E-state index < -0.39 is 0 Å². The summed E-state index contributed by atoms with van der Waals surface area (Å²) in [5.41, 5.74) is 7.23. The lowest BCUT2D eigenvalue weighted by atomic mass is 9.98. The summed E-state index contributed by atoms with van der Waals surface area (Å²) < 4.78 is 0. The number of nitrogens with zero attached hydrogens (tertiary/aromatic N) is 2. The Kier molecular flexibility index (Phi) is 5.38. The van der Waals surface area contributed by atoms with Crippen LogP contribution in [0.1, 0.15) is 24.9 Å². The zero-order valence-corrected chi connectivity index (χ0v) is 10.0. The molecule has 0 aliphatic rings. The van der Waals surface area contributed by atoms with Crippen LogP contribution in [0.2, 0.25) is 0 Å². The molecule has 0 aliphatic carbocycles. The van der Waals surface area contributed by atoms with Gasteiger partial charge in [-0.25, -0.2) is 0 Å². The van der Waals surface area contributed by atoms with Gasteiger partial charge >= 0.3 is 0 Å². The van der Waals surface area contributed by atoms with Crippen LogP contribution in [0.15, 0.2) is 24.5 Å². The van der Waals surface area contributed by atoms with Gasteiger partial charge in [-0.3, -0.25) is 9.88 Å². The van der Waals surface area contributed by atoms with Gasteiger partial charge in [-0.2, -0.15) is 0 Å². The molecule has 0 saturated carbocycles. The van der Waals surface area contributed by atoms with E-state index in [2.05, 4.69) is 16.8 Å². The lowest BCUT2D eigenvalue weighted by Gasteiger charge is -2.32. The van der Waals surface area contributed by atoms with E-state index in [9.17, 15) is 0 Å². The Morgan fingerprint density at radius 3 is 2.81 bits per heavy atom. The third-order valence-corrected chi connectivity index (χ3v) is 2.83. The summed E-state index contributed by atoms with van der Waals surface area (Å²) >= 11 is 0. The molecule has 0 bridgehead atoms. The maximum atomic E-state index is 8.99. The van der Waals surface area contributed by atoms with Crippen molar-refractivity contribution in [1.82, 2.24) is 9.88 Å². The molecular formula is C12H21N3O. The summed E-state index contributed by atoms with van der Waals surface area (Å²) in [6.45, 7) is 2.83. The Morgan fingerprint density at radius 2 is 2.31 bits per heavy atom. The maximum Gasteiger partial charge on any atom is 0.0558 e. The van der Waals surface area contributed by atoms with E-state index in [0.717, 1.165) is 12.0 Å². The molecule has 90 valence electrons. The maximum absolute atomic E-state index is 8.99. The third kappa shape index (κ3) is 3.27. The molecule has 0 amide bonds. The Balaban J connectivity index is 2.87. The van der Waals surface area contributed by atoms with Crippen molar-refractivity contribution in [3.05, 3.63) is 30.1 Å². The van der Waals surface area contributed by atoms with E-state index in [1.807, 2.05) is 25.4 Å². The van der Waals surface area contributed by atoms with Crippen LogP contribution in [-0.4, -0.2) is 41.2 Å². The van der Waals surface area contributed by atoms with E-state index in [1.165, 1.54) is 0 Å². The summed E-state index contributed by atoms with van der Waals surface area (Å²) in [4.78, 5) is 6.19. The standard InChI is InChI=1S/C12H21N3O/c1-3-11(13)12(15(2)7-8-16)10-5-4-6-14-9-10/h4-6,9,11-12,16H,3,7-8,13H2,1-2H3. The highest BCUT2D eigenvalue weighted by atomic mass is 16.3. The van der Waals surface area contributed by atoms with Crippen LogP contribution >= 0.6 is 0 Å². The molecule has 1 rings (SSSR count). The minimum absolute atomic E-state index is 0.0562. The van der Waals surface area contributed by atoms with Crippen LogP contribution in [0.5, 0.6) is 0 Å². The van der Waals surface area contributed by atoms with Crippen molar-refractivity contribution in [1.29, 1.82) is 0 Å². The number of aliphatic hydroxyl groups is 1. The number of aromatic nitrogens is 1. The van der Waals surface area contributed by atoms with Gasteiger partial charge in [0.15, 0.2) is 0 Å². The second-order valence-electron chi connectivity index (χ2n) is 4.01. The molecule has 0 spiro atoms. The molecule has 1 heterocycles. The number of nitrogens with two attached hydrogens (primary N) is 1. The Labute approximate surface area is 97.1 Å². The molecular weight excluding hydrogens is 202 g/mol. The molecule has 0 saturated heterocycles. The van der Waals surface area contributed by atoms with Gasteiger partial charge in [0.1, 0.15) is 0 Å². The predicted octanol–water partition coefficient (Wildman–Crippen LogP) is 0.784. The van der Waals surface area contributed by atoms with Gasteiger partial charge in [0, 0.05) is 25.0 Å². The fourth-order valence-electron chi connectivity index (χ4n) is 1.90. The molecule has 3 N–H and O–H groups in total. The van der Waals surface area contributed by atoms with Crippen LogP contribution in [0, 0.1) is 0 Å². The van der Waals surface area contributed by atoms with Crippen molar-refractivity contribution in [2.24, 2.45) is 5.73 Å². The normalized spacial score (nSPS) is 15.1. The fourth-order valence-corrected chi connectivity index (χ4v) is 1.90. The first-order valence-electron chi connectivity index (χ1n) is 5.67. The minimum Gasteiger partial charge on any atom is -0.395 e. The summed E-state index contributed by atoms with van der Waals surface area (Å²) in [7, 11) is 1.98. The molecule has 16 heavy (non-hydrogen) atoms. The molecule has 1 aromatic heterocycles. The summed E-state index contributed by atoms with van der Waals surface area (Å²) in [6.07, 6.45) is 4.49. The van der Waals surface area contributed by atoms with Crippen molar-refractivity contribution < 1.29 is 5.11 Å². The van der Waals surface area contributed by atoms with Crippen LogP contribution in [0.25, 0.3) is 0 Å². The van der Waals surface area contributed by atoms with Gasteiger partial charge in [-0.15, -0.1) is 0 Å². The molecule has 1 aromatic rings. The highest BCUT2D eigenvalue weighted by molar-refractivity contribution is 5.16. The monoisotopic (exact) mass is 223 g/mol. The number of hydrogen-bond acceptors (Lipinski definition) is 4. The van der Waals surface area contributed by atoms with Gasteiger partial charge in [-0.1, -0.05) is 13.0 Å². The molecule has 0 aromatic carbocycles. The average Bonchev–Trinajstić information content (AvgIpc) is 2.31. The van der Waals surface area contributed by atoms with Crippen LogP contribution < -0.4 is 5.73 Å². The first kappa shape index (κ1) is 13.1. The van der Waals surface area contributed by atoms with Crippen molar-refractivity contribution in [3.8, 4) is 0 Å². The van der Waals surface area contributed by atoms with Gasteiger partial charge < -0.3 is 10.8 Å². The zero-order chi connectivity index (χ0) is 12.0. The van der Waals surface area contributed by atoms with Gasteiger partial charge in [0.05, 0.1) is 12.6 Å². The first-order valence-corrected chi connectivity index (χ1v) is 5.67. The van der Waals surface area contributed by atoms with E-state index in [1.54, 1.807) is 6.20 Å². The summed E-state index contributed by atoms with van der Waals surface area (Å²) in [5, 5.41) is 8.99. The number of pyridine rings is 1. The molecule has 2 atom stereocenters. The number of hydrogen-bond donors (Lipinski definition) is 2. The third-order valence-electron chi connectivity index (χ3n) is 2.83. The minimum atomic E-state index is 0.0562. The summed E-state index contributed by atoms with van der Waals surface area (Å²) in [6, 6.07) is 4.12. The quantitative estimate of drug-likeness (QED) is 0.748. The smallest absolute Gasteiger partial charge is 0.0558 e. The summed E-state index contributed by atoms with van der Waals surface area (Å²) in [5.74, 6) is 0. The number of rotatable bonds is 6. The van der Waals surface area contributed by atoms with E-state index in [4.69, 9.17) is 10.8 Å². The van der Waals surface area contributed by atoms with Crippen molar-refractivity contribution in [2.45, 2.75) is 25.4 Å². The average molecular weight is 223 g/mol. The number of likely N-dealkylation sites (N-methyl/N-ethyl adjacent to an activating group) is 1. The van der Waals surface area contributed by atoms with E-state index in [-0.39, 0.29) is 18.7 Å². The molecule has 0 fully saturated rings. The Morgan fingerprint density at radius 1 is 1.56 bits per heavy atom. The van der Waals surface area contributed by atoms with Crippen molar-refractivity contribution >= 4 is 0 Å². The highest BCUT2D eigenvalue weighted by Gasteiger charge is 2.22. The van der Waals surface area contributed by atoms with Crippen molar-refractivity contribution in [3.63, 3.8) is 0 Å². The molecule has 4 nitrogen and oxygen atoms in total. The highest BCUT2D eigenvalue weighted by Crippen LogP contribution is 2.22. The van der Waals surface area contributed by atoms with Crippen LogP contribution in [-0.2, 0) is 0 Å². The second kappa shape index (κ2) is 6.58. The lowest BCUT2D eigenvalue weighted by Crippen LogP contribution is -2.40. The predicted molar refractivity (Wildman–Crippen MR) is 65.0 cm³/mol. The van der Waals surface area contributed by atoms with Gasteiger partial charge in [0.25, 0.3) is 0 Å². The molecule has 4 heteroatoms. The van der Waals surface area contributed by atoms with Gasteiger partial charge in [0.2, 0.25) is 0 Å². The largest absolute Gasteiger partial charge is 0.395 e. The van der Waals surface area contributed by atoms with Crippen LogP contribution in [0.3, 0.4) is 0 Å². The zero-order valence-electron chi connectivity index (χ0n) is 10.0. The second-order valence-corrected chi connectivity index (χ2v) is 4.01. The topological polar surface area (TPSA) is 62.4 Å². The molecule has 0 aliphatic heterocycles. The SMILES string of the molecule is CCC(N)C(c1cccnc1)N(C)CCO. The van der Waals surface area contributed by atoms with E-state index >= 15 is 0 Å². The lowest BCUT2D eigenvalue weighted by molar-refractivity contribution is 0.161. The fraction of sp³-hybridized carbons (Fsp3) is 0.583. The van der Waals surface area contributed by atoms with Crippen LogP contribution in [0.4, 0.5) is 0 Å². The first-order chi connectivity index (χ1) is 7.70. The van der Waals surface area contributed by atoms with Gasteiger partial charge in [-0.05, 0) is 25.1 Å². The molecule has 2 unspecified atom stereocenters.